The Morgan fingerprint density at radius 1 is 1.05 bits per heavy atom. The van der Waals surface area contributed by atoms with Gasteiger partial charge >= 0.3 is 18.0 Å². The third-order valence-electron chi connectivity index (χ3n) is 2.24. The molecule has 7 nitrogen and oxygen atoms in total. The zero-order chi connectivity index (χ0) is 16.2. The molecule has 0 aromatic heterocycles. The summed E-state index contributed by atoms with van der Waals surface area (Å²) in [6, 6.07) is 0.0548. The number of carboxylic acids is 2. The predicted octanol–water partition coefficient (Wildman–Crippen LogP) is 2.70. The maximum Gasteiger partial charge on any atom is 0.326 e. The molecular weight excluding hydrogens is 346 g/mol. The van der Waals surface area contributed by atoms with Gasteiger partial charge in [0.1, 0.15) is 6.04 Å². The van der Waals surface area contributed by atoms with E-state index in [-0.39, 0.29) is 20.8 Å². The number of amides is 2. The van der Waals surface area contributed by atoms with Gasteiger partial charge in [0.15, 0.2) is 0 Å². The zero-order valence-corrected chi connectivity index (χ0v) is 12.5. The van der Waals surface area contributed by atoms with Gasteiger partial charge in [0.2, 0.25) is 0 Å². The lowest BCUT2D eigenvalue weighted by Crippen LogP contribution is -2.44. The summed E-state index contributed by atoms with van der Waals surface area (Å²) in [6.07, 6.45) is -0.766. The first-order valence-corrected chi connectivity index (χ1v) is 6.50. The third-order valence-corrected chi connectivity index (χ3v) is 3.28. The summed E-state index contributed by atoms with van der Waals surface area (Å²) in [6.45, 7) is 0. The lowest BCUT2D eigenvalue weighted by molar-refractivity contribution is -0.145. The van der Waals surface area contributed by atoms with E-state index >= 15 is 0 Å². The first-order valence-electron chi connectivity index (χ1n) is 5.37. The van der Waals surface area contributed by atoms with Crippen LogP contribution in [-0.4, -0.2) is 34.2 Å². The molecule has 4 N–H and O–H groups in total. The number of halogens is 3. The van der Waals surface area contributed by atoms with Gasteiger partial charge in [-0.25, -0.2) is 9.59 Å². The van der Waals surface area contributed by atoms with Crippen LogP contribution in [0.5, 0.6) is 0 Å². The average molecular weight is 356 g/mol. The Hall–Kier alpha value is -1.70. The van der Waals surface area contributed by atoms with E-state index in [2.05, 4.69) is 5.32 Å². The van der Waals surface area contributed by atoms with Crippen LogP contribution < -0.4 is 10.6 Å². The van der Waals surface area contributed by atoms with Crippen LogP contribution in [0.2, 0.25) is 15.1 Å². The van der Waals surface area contributed by atoms with Crippen molar-refractivity contribution < 1.29 is 24.6 Å². The summed E-state index contributed by atoms with van der Waals surface area (Å²) >= 11 is 17.3. The molecule has 0 heterocycles. The van der Waals surface area contributed by atoms with Crippen LogP contribution >= 0.6 is 34.8 Å². The fourth-order valence-corrected chi connectivity index (χ4v) is 1.90. The normalized spacial score (nSPS) is 11.6. The molecule has 0 saturated heterocycles. The van der Waals surface area contributed by atoms with Crippen molar-refractivity contribution in [1.82, 2.24) is 5.32 Å². The Kier molecular flexibility index (Phi) is 6.07. The van der Waals surface area contributed by atoms with E-state index in [9.17, 15) is 14.4 Å². The van der Waals surface area contributed by atoms with Gasteiger partial charge in [-0.3, -0.25) is 4.79 Å². The number of rotatable bonds is 5. The summed E-state index contributed by atoms with van der Waals surface area (Å²) in [4.78, 5) is 33.0. The van der Waals surface area contributed by atoms with Gasteiger partial charge in [0, 0.05) is 0 Å². The van der Waals surface area contributed by atoms with E-state index in [0.717, 1.165) is 0 Å². The van der Waals surface area contributed by atoms with Gasteiger partial charge in [-0.1, -0.05) is 34.8 Å². The van der Waals surface area contributed by atoms with E-state index in [1.54, 1.807) is 0 Å². The second-order valence-electron chi connectivity index (χ2n) is 3.83. The largest absolute Gasteiger partial charge is 0.481 e. The summed E-state index contributed by atoms with van der Waals surface area (Å²) in [5, 5.41) is 22.0. The first-order chi connectivity index (χ1) is 9.70. The van der Waals surface area contributed by atoms with E-state index in [0.29, 0.717) is 0 Å². The molecule has 1 aromatic rings. The van der Waals surface area contributed by atoms with Gasteiger partial charge < -0.3 is 20.8 Å². The van der Waals surface area contributed by atoms with Crippen molar-refractivity contribution in [2.24, 2.45) is 0 Å². The first kappa shape index (κ1) is 17.4. The number of benzene rings is 1. The molecule has 0 radical (unpaired) electrons. The van der Waals surface area contributed by atoms with Crippen molar-refractivity contribution in [3.8, 4) is 0 Å². The van der Waals surface area contributed by atoms with E-state index in [1.165, 1.54) is 12.1 Å². The second kappa shape index (κ2) is 7.35. The van der Waals surface area contributed by atoms with Crippen molar-refractivity contribution in [1.29, 1.82) is 0 Å². The molecule has 0 bridgehead atoms. The number of carbonyl (C=O) groups is 3. The molecule has 1 atom stereocenters. The number of hydrogen-bond acceptors (Lipinski definition) is 3. The van der Waals surface area contributed by atoms with Crippen LogP contribution in [-0.2, 0) is 9.59 Å². The maximum absolute atomic E-state index is 11.6. The predicted molar refractivity (Wildman–Crippen MR) is 77.3 cm³/mol. The average Bonchev–Trinajstić information content (AvgIpc) is 2.34. The molecule has 0 unspecified atom stereocenters. The Morgan fingerprint density at radius 3 is 2.14 bits per heavy atom. The SMILES string of the molecule is O=C(O)C[C@H](NC(=O)Nc1cc(Cl)c(Cl)cc1Cl)C(=O)O. The molecule has 2 amide bonds. The highest BCUT2D eigenvalue weighted by atomic mass is 35.5. The van der Waals surface area contributed by atoms with Crippen molar-refractivity contribution in [2.75, 3.05) is 5.32 Å². The van der Waals surface area contributed by atoms with E-state index in [1.807, 2.05) is 5.32 Å². The summed E-state index contributed by atoms with van der Waals surface area (Å²) in [7, 11) is 0. The van der Waals surface area contributed by atoms with Crippen molar-refractivity contribution in [3.05, 3.63) is 27.2 Å². The third kappa shape index (κ3) is 5.30. The molecule has 0 aliphatic heterocycles. The monoisotopic (exact) mass is 354 g/mol. The van der Waals surface area contributed by atoms with Gasteiger partial charge in [0.05, 0.1) is 27.2 Å². The lowest BCUT2D eigenvalue weighted by atomic mass is 10.2. The molecule has 0 aliphatic rings. The van der Waals surface area contributed by atoms with Crippen molar-refractivity contribution in [3.63, 3.8) is 0 Å². The van der Waals surface area contributed by atoms with Crippen LogP contribution in [0, 0.1) is 0 Å². The Labute approximate surface area is 133 Å². The number of carboxylic acid groups (broad SMARTS) is 2. The molecule has 1 rings (SSSR count). The Balaban J connectivity index is 2.79. The number of hydrogen-bond donors (Lipinski definition) is 4. The minimum absolute atomic E-state index is 0.0876. The fraction of sp³-hybridized carbons (Fsp3) is 0.182. The highest BCUT2D eigenvalue weighted by molar-refractivity contribution is 6.44. The quantitative estimate of drug-likeness (QED) is 0.606. The highest BCUT2D eigenvalue weighted by Gasteiger charge is 2.23. The molecular formula is C11H9Cl3N2O5. The summed E-state index contributed by atoms with van der Waals surface area (Å²) < 4.78 is 0. The maximum atomic E-state index is 11.6. The van der Waals surface area contributed by atoms with Crippen LogP contribution in [0.15, 0.2) is 12.1 Å². The number of urea groups is 1. The smallest absolute Gasteiger partial charge is 0.326 e. The van der Waals surface area contributed by atoms with E-state index in [4.69, 9.17) is 45.0 Å². The zero-order valence-electron chi connectivity index (χ0n) is 10.2. The van der Waals surface area contributed by atoms with Crippen LogP contribution in [0.1, 0.15) is 6.42 Å². The van der Waals surface area contributed by atoms with Gasteiger partial charge in [-0.2, -0.15) is 0 Å². The van der Waals surface area contributed by atoms with Crippen molar-refractivity contribution in [2.45, 2.75) is 12.5 Å². The fourth-order valence-electron chi connectivity index (χ4n) is 1.31. The molecule has 10 heteroatoms. The van der Waals surface area contributed by atoms with Crippen LogP contribution in [0.25, 0.3) is 0 Å². The molecule has 0 aliphatic carbocycles. The lowest BCUT2D eigenvalue weighted by Gasteiger charge is -2.14. The highest BCUT2D eigenvalue weighted by Crippen LogP contribution is 2.32. The van der Waals surface area contributed by atoms with Gasteiger partial charge in [-0.05, 0) is 12.1 Å². The minimum Gasteiger partial charge on any atom is -0.481 e. The molecule has 1 aromatic carbocycles. The molecule has 0 fully saturated rings. The number of nitrogens with one attached hydrogen (secondary N) is 2. The molecule has 21 heavy (non-hydrogen) atoms. The van der Waals surface area contributed by atoms with Gasteiger partial charge in [-0.15, -0.1) is 0 Å². The second-order valence-corrected chi connectivity index (χ2v) is 5.05. The minimum atomic E-state index is -1.58. The molecule has 0 saturated carbocycles. The topological polar surface area (TPSA) is 116 Å². The number of carbonyl (C=O) groups excluding carboxylic acids is 1. The van der Waals surface area contributed by atoms with Crippen LogP contribution in [0.4, 0.5) is 10.5 Å². The van der Waals surface area contributed by atoms with E-state index < -0.39 is 30.4 Å². The van der Waals surface area contributed by atoms with Crippen LogP contribution in [0.3, 0.4) is 0 Å². The summed E-state index contributed by atoms with van der Waals surface area (Å²) in [5.74, 6) is -2.84. The number of aliphatic carboxylic acids is 2. The summed E-state index contributed by atoms with van der Waals surface area (Å²) in [5.41, 5.74) is 0.100. The number of anilines is 1. The Morgan fingerprint density at radius 2 is 1.62 bits per heavy atom. The molecule has 0 spiro atoms. The molecule has 114 valence electrons. The standard InChI is InChI=1S/C11H9Cl3N2O5/c12-4-1-6(14)7(2-5(4)13)15-11(21)16-8(10(19)20)3-9(17)18/h1-2,8H,3H2,(H,17,18)(H,19,20)(H2,15,16,21)/t8-/m0/s1. The van der Waals surface area contributed by atoms with Crippen molar-refractivity contribution >= 4 is 58.5 Å². The van der Waals surface area contributed by atoms with Gasteiger partial charge in [0.25, 0.3) is 0 Å². The Bertz CT molecular complexity index is 593.